The molecular formula is C13H16N2O5. The van der Waals surface area contributed by atoms with Crippen LogP contribution in [0, 0.1) is 0 Å². The fraction of sp³-hybridized carbons (Fsp3) is 0.385. The third-order valence-corrected chi connectivity index (χ3v) is 2.79. The summed E-state index contributed by atoms with van der Waals surface area (Å²) in [5, 5.41) is 22.4. The molecule has 1 amide bonds. The maximum absolute atomic E-state index is 11.6. The summed E-state index contributed by atoms with van der Waals surface area (Å²) in [6.07, 6.45) is 1.32. The molecule has 108 valence electrons. The zero-order chi connectivity index (χ0) is 14.6. The highest BCUT2D eigenvalue weighted by molar-refractivity contribution is 5.85. The molecule has 1 fully saturated rings. The Balaban J connectivity index is 1.88. The number of phenols is 2. The van der Waals surface area contributed by atoms with Gasteiger partial charge < -0.3 is 19.7 Å². The van der Waals surface area contributed by atoms with Gasteiger partial charge in [0.2, 0.25) is 5.91 Å². The van der Waals surface area contributed by atoms with Crippen molar-refractivity contribution in [2.24, 2.45) is 5.10 Å². The van der Waals surface area contributed by atoms with Crippen molar-refractivity contribution in [3.8, 4) is 11.5 Å². The van der Waals surface area contributed by atoms with Crippen LogP contribution in [0.2, 0.25) is 0 Å². The first-order chi connectivity index (χ1) is 9.48. The number of hydrogen-bond acceptors (Lipinski definition) is 6. The molecule has 1 aliphatic rings. The van der Waals surface area contributed by atoms with E-state index < -0.39 is 5.79 Å². The molecule has 1 aliphatic heterocycles. The zero-order valence-electron chi connectivity index (χ0n) is 11.0. The molecule has 1 heterocycles. The molecule has 20 heavy (non-hydrogen) atoms. The van der Waals surface area contributed by atoms with E-state index in [1.54, 1.807) is 6.92 Å². The van der Waals surface area contributed by atoms with Gasteiger partial charge in [0.1, 0.15) is 11.5 Å². The Morgan fingerprint density at radius 2 is 2.15 bits per heavy atom. The molecule has 2 rings (SSSR count). The summed E-state index contributed by atoms with van der Waals surface area (Å²) in [6, 6.07) is 4.07. The van der Waals surface area contributed by atoms with Crippen molar-refractivity contribution in [2.75, 3.05) is 13.2 Å². The second-order valence-corrected chi connectivity index (χ2v) is 4.54. The number of hydrazone groups is 1. The van der Waals surface area contributed by atoms with Crippen molar-refractivity contribution in [3.05, 3.63) is 23.8 Å². The fourth-order valence-electron chi connectivity index (χ4n) is 1.81. The van der Waals surface area contributed by atoms with Gasteiger partial charge in [-0.3, -0.25) is 4.79 Å². The Kier molecular flexibility index (Phi) is 4.21. The number of hydrogen-bond donors (Lipinski definition) is 3. The molecule has 0 spiro atoms. The second kappa shape index (κ2) is 5.89. The molecule has 1 aromatic carbocycles. The summed E-state index contributed by atoms with van der Waals surface area (Å²) in [5.74, 6) is -1.44. The van der Waals surface area contributed by atoms with Gasteiger partial charge in [0.05, 0.1) is 25.8 Å². The van der Waals surface area contributed by atoms with Gasteiger partial charge in [0.15, 0.2) is 5.79 Å². The van der Waals surface area contributed by atoms with Gasteiger partial charge in [-0.15, -0.1) is 0 Å². The number of nitrogens with one attached hydrogen (secondary N) is 1. The SMILES string of the molecule is CC1(CC(=O)NN=Cc2ccc(O)cc2O)OCCO1. The largest absolute Gasteiger partial charge is 0.508 e. The summed E-state index contributed by atoms with van der Waals surface area (Å²) in [7, 11) is 0. The van der Waals surface area contributed by atoms with Gasteiger partial charge in [-0.1, -0.05) is 0 Å². The molecule has 0 unspecified atom stereocenters. The number of phenolic OH excluding ortho intramolecular Hbond substituents is 2. The molecule has 0 atom stereocenters. The average molecular weight is 280 g/mol. The number of aromatic hydroxyl groups is 2. The van der Waals surface area contributed by atoms with Gasteiger partial charge in [-0.25, -0.2) is 5.43 Å². The van der Waals surface area contributed by atoms with E-state index in [1.165, 1.54) is 24.4 Å². The van der Waals surface area contributed by atoms with Gasteiger partial charge >= 0.3 is 0 Å². The molecule has 7 nitrogen and oxygen atoms in total. The first kappa shape index (κ1) is 14.3. The third-order valence-electron chi connectivity index (χ3n) is 2.79. The standard InChI is InChI=1S/C13H16N2O5/c1-13(19-4-5-20-13)7-12(18)15-14-8-9-2-3-10(16)6-11(9)17/h2-3,6,8,16-17H,4-5,7H2,1H3,(H,15,18). The van der Waals surface area contributed by atoms with Crippen LogP contribution in [0.25, 0.3) is 0 Å². The molecular weight excluding hydrogens is 264 g/mol. The van der Waals surface area contributed by atoms with Crippen LogP contribution in [0.15, 0.2) is 23.3 Å². The van der Waals surface area contributed by atoms with E-state index >= 15 is 0 Å². The van der Waals surface area contributed by atoms with Crippen molar-refractivity contribution in [3.63, 3.8) is 0 Å². The van der Waals surface area contributed by atoms with Crippen LogP contribution in [-0.4, -0.2) is 41.3 Å². The highest BCUT2D eigenvalue weighted by Gasteiger charge is 2.33. The molecule has 0 radical (unpaired) electrons. The number of nitrogens with zero attached hydrogens (tertiary/aromatic N) is 1. The van der Waals surface area contributed by atoms with Crippen LogP contribution in [-0.2, 0) is 14.3 Å². The number of amides is 1. The molecule has 0 saturated carbocycles. The lowest BCUT2D eigenvalue weighted by molar-refractivity contribution is -0.159. The summed E-state index contributed by atoms with van der Waals surface area (Å²) < 4.78 is 10.6. The van der Waals surface area contributed by atoms with Crippen LogP contribution in [0.5, 0.6) is 11.5 Å². The Morgan fingerprint density at radius 1 is 1.45 bits per heavy atom. The van der Waals surface area contributed by atoms with Crippen LogP contribution in [0.1, 0.15) is 18.9 Å². The summed E-state index contributed by atoms with van der Waals surface area (Å²) in [4.78, 5) is 11.6. The van der Waals surface area contributed by atoms with E-state index in [0.717, 1.165) is 0 Å². The van der Waals surface area contributed by atoms with E-state index in [1.807, 2.05) is 0 Å². The van der Waals surface area contributed by atoms with Crippen molar-refractivity contribution >= 4 is 12.1 Å². The highest BCUT2D eigenvalue weighted by Crippen LogP contribution is 2.22. The molecule has 0 aromatic heterocycles. The summed E-state index contributed by atoms with van der Waals surface area (Å²) in [5.41, 5.74) is 2.70. The van der Waals surface area contributed by atoms with Crippen LogP contribution >= 0.6 is 0 Å². The Bertz CT molecular complexity index is 523. The van der Waals surface area contributed by atoms with Crippen molar-refractivity contribution in [1.82, 2.24) is 5.43 Å². The van der Waals surface area contributed by atoms with Gasteiger partial charge in [0.25, 0.3) is 0 Å². The number of carbonyl (C=O) groups excluding carboxylic acids is 1. The van der Waals surface area contributed by atoms with Crippen LogP contribution < -0.4 is 5.43 Å². The monoisotopic (exact) mass is 280 g/mol. The molecule has 7 heteroatoms. The number of carbonyl (C=O) groups is 1. The lowest BCUT2D eigenvalue weighted by Crippen LogP contribution is -2.33. The summed E-state index contributed by atoms with van der Waals surface area (Å²) in [6.45, 7) is 2.62. The van der Waals surface area contributed by atoms with Crippen molar-refractivity contribution in [2.45, 2.75) is 19.1 Å². The molecule has 3 N–H and O–H groups in total. The maximum atomic E-state index is 11.6. The highest BCUT2D eigenvalue weighted by atomic mass is 16.7. The smallest absolute Gasteiger partial charge is 0.245 e. The van der Waals surface area contributed by atoms with Crippen LogP contribution in [0.3, 0.4) is 0 Å². The predicted molar refractivity (Wildman–Crippen MR) is 70.4 cm³/mol. The zero-order valence-corrected chi connectivity index (χ0v) is 11.0. The Morgan fingerprint density at radius 3 is 2.80 bits per heavy atom. The number of benzene rings is 1. The average Bonchev–Trinajstić information content (AvgIpc) is 2.78. The minimum atomic E-state index is -0.903. The van der Waals surface area contributed by atoms with E-state index in [4.69, 9.17) is 14.6 Å². The third kappa shape index (κ3) is 3.69. The normalized spacial score (nSPS) is 17.4. The predicted octanol–water partition coefficient (Wildman–Crippen LogP) is 0.701. The van der Waals surface area contributed by atoms with E-state index in [0.29, 0.717) is 18.8 Å². The minimum absolute atomic E-state index is 0.0336. The Labute approximate surface area is 115 Å². The number of rotatable bonds is 4. The first-order valence-electron chi connectivity index (χ1n) is 6.10. The first-order valence-corrected chi connectivity index (χ1v) is 6.10. The Hall–Kier alpha value is -2.12. The quantitative estimate of drug-likeness (QED) is 0.557. The summed E-state index contributed by atoms with van der Waals surface area (Å²) >= 11 is 0. The van der Waals surface area contributed by atoms with E-state index in [-0.39, 0.29) is 23.8 Å². The van der Waals surface area contributed by atoms with Gasteiger partial charge in [-0.2, -0.15) is 5.10 Å². The van der Waals surface area contributed by atoms with Crippen molar-refractivity contribution in [1.29, 1.82) is 0 Å². The van der Waals surface area contributed by atoms with Crippen molar-refractivity contribution < 1.29 is 24.5 Å². The second-order valence-electron chi connectivity index (χ2n) is 4.54. The van der Waals surface area contributed by atoms with Gasteiger partial charge in [-0.05, 0) is 19.1 Å². The minimum Gasteiger partial charge on any atom is -0.508 e. The molecule has 0 bridgehead atoms. The van der Waals surface area contributed by atoms with Gasteiger partial charge in [0, 0.05) is 11.6 Å². The fourth-order valence-corrected chi connectivity index (χ4v) is 1.81. The van der Waals surface area contributed by atoms with E-state index in [9.17, 15) is 9.90 Å². The lowest BCUT2D eigenvalue weighted by Gasteiger charge is -2.20. The molecule has 1 aromatic rings. The topological polar surface area (TPSA) is 100 Å². The molecule has 1 saturated heterocycles. The lowest BCUT2D eigenvalue weighted by atomic mass is 10.2. The van der Waals surface area contributed by atoms with E-state index in [2.05, 4.69) is 10.5 Å². The van der Waals surface area contributed by atoms with Crippen LogP contribution in [0.4, 0.5) is 0 Å². The maximum Gasteiger partial charge on any atom is 0.245 e. The number of ether oxygens (including phenoxy) is 2. The molecule has 0 aliphatic carbocycles.